The molecule has 0 radical (unpaired) electrons. The zero-order valence-corrected chi connectivity index (χ0v) is 12.7. The molecule has 0 spiro atoms. The molecule has 22 heavy (non-hydrogen) atoms. The van der Waals surface area contributed by atoms with Gasteiger partial charge in [0.1, 0.15) is 5.82 Å². The summed E-state index contributed by atoms with van der Waals surface area (Å²) in [4.78, 5) is 17.9. The Morgan fingerprint density at radius 2 is 1.95 bits per heavy atom. The monoisotopic (exact) mass is 302 g/mol. The zero-order chi connectivity index (χ0) is 16.1. The molecule has 1 atom stereocenters. The van der Waals surface area contributed by atoms with Gasteiger partial charge in [-0.25, -0.2) is 4.39 Å². The van der Waals surface area contributed by atoms with Crippen LogP contribution in [0.15, 0.2) is 42.6 Å². The number of hydrogen-bond donors (Lipinski definition) is 1. The summed E-state index contributed by atoms with van der Waals surface area (Å²) in [5.74, 6) is -0.857. The Balaban J connectivity index is 2.02. The van der Waals surface area contributed by atoms with Crippen molar-refractivity contribution in [1.29, 1.82) is 0 Å². The number of hydrogen-bond acceptors (Lipinski definition) is 3. The number of benzene rings is 1. The number of aryl methyl sites for hydroxylation is 1. The van der Waals surface area contributed by atoms with E-state index in [9.17, 15) is 14.3 Å². The molecule has 0 aliphatic rings. The maximum atomic E-state index is 12.9. The fourth-order valence-corrected chi connectivity index (χ4v) is 2.08. The second-order valence-corrected chi connectivity index (χ2v) is 5.16. The van der Waals surface area contributed by atoms with Crippen molar-refractivity contribution in [3.63, 3.8) is 0 Å². The Kier molecular flexibility index (Phi) is 5.22. The van der Waals surface area contributed by atoms with Crippen LogP contribution in [0.2, 0.25) is 0 Å². The van der Waals surface area contributed by atoms with E-state index in [1.807, 2.05) is 19.1 Å². The predicted molar refractivity (Wildman–Crippen MR) is 81.4 cm³/mol. The molecule has 0 bridgehead atoms. The van der Waals surface area contributed by atoms with E-state index in [1.54, 1.807) is 13.2 Å². The molecule has 0 aliphatic carbocycles. The molecule has 1 aromatic carbocycles. The number of likely N-dealkylation sites (N-methyl/N-ethyl adjacent to an activating group) is 1. The second kappa shape index (κ2) is 7.13. The number of carbonyl (C=O) groups excluding carboxylic acids is 1. The lowest BCUT2D eigenvalue weighted by atomic mass is 10.1. The first-order valence-corrected chi connectivity index (χ1v) is 7.13. The summed E-state index contributed by atoms with van der Waals surface area (Å²) in [6.45, 7) is 2.35. The van der Waals surface area contributed by atoms with Crippen molar-refractivity contribution in [3.05, 3.63) is 65.2 Å². The van der Waals surface area contributed by atoms with Crippen molar-refractivity contribution in [1.82, 2.24) is 9.88 Å². The molecule has 4 nitrogen and oxygen atoms in total. The Hall–Kier alpha value is -2.27. The van der Waals surface area contributed by atoms with Gasteiger partial charge < -0.3 is 10.0 Å². The van der Waals surface area contributed by atoms with E-state index >= 15 is 0 Å². The minimum absolute atomic E-state index is 0.307. The summed E-state index contributed by atoms with van der Waals surface area (Å²) in [5, 5.41) is 10.1. The number of nitrogens with zero attached hydrogens (tertiary/aromatic N) is 2. The second-order valence-electron chi connectivity index (χ2n) is 5.16. The Morgan fingerprint density at radius 3 is 2.50 bits per heavy atom. The highest BCUT2D eigenvalue weighted by atomic mass is 19.1. The van der Waals surface area contributed by atoms with Crippen molar-refractivity contribution >= 4 is 5.91 Å². The Labute approximate surface area is 129 Å². The van der Waals surface area contributed by atoms with Gasteiger partial charge in [0.15, 0.2) is 6.10 Å². The minimum atomic E-state index is -1.31. The lowest BCUT2D eigenvalue weighted by Crippen LogP contribution is -2.31. The molecular weight excluding hydrogens is 283 g/mol. The van der Waals surface area contributed by atoms with Crippen LogP contribution in [-0.2, 0) is 17.8 Å². The van der Waals surface area contributed by atoms with Crippen LogP contribution in [0.1, 0.15) is 29.8 Å². The average Bonchev–Trinajstić information content (AvgIpc) is 2.55. The fourth-order valence-electron chi connectivity index (χ4n) is 2.08. The number of amides is 1. The molecule has 1 aromatic heterocycles. The van der Waals surface area contributed by atoms with E-state index in [0.29, 0.717) is 12.1 Å². The van der Waals surface area contributed by atoms with E-state index in [4.69, 9.17) is 0 Å². The van der Waals surface area contributed by atoms with Gasteiger partial charge >= 0.3 is 0 Å². The molecule has 2 aromatic rings. The quantitative estimate of drug-likeness (QED) is 0.923. The summed E-state index contributed by atoms with van der Waals surface area (Å²) < 4.78 is 12.9. The maximum absolute atomic E-state index is 12.9. The van der Waals surface area contributed by atoms with Crippen LogP contribution in [0.25, 0.3) is 0 Å². The molecule has 0 fully saturated rings. The summed E-state index contributed by atoms with van der Waals surface area (Å²) in [6, 6.07) is 9.08. The Bertz CT molecular complexity index is 626. The van der Waals surface area contributed by atoms with Gasteiger partial charge in [-0.3, -0.25) is 9.78 Å². The van der Waals surface area contributed by atoms with Gasteiger partial charge in [0.05, 0.1) is 12.2 Å². The third-order valence-corrected chi connectivity index (χ3v) is 3.49. The van der Waals surface area contributed by atoms with Crippen LogP contribution in [-0.4, -0.2) is 27.9 Å². The van der Waals surface area contributed by atoms with Gasteiger partial charge in [0, 0.05) is 13.2 Å². The average molecular weight is 302 g/mol. The van der Waals surface area contributed by atoms with E-state index in [-0.39, 0.29) is 0 Å². The van der Waals surface area contributed by atoms with Crippen LogP contribution < -0.4 is 0 Å². The number of carbonyl (C=O) groups is 1. The summed E-state index contributed by atoms with van der Waals surface area (Å²) >= 11 is 0. The number of aliphatic hydroxyl groups excluding tert-OH is 1. The first kappa shape index (κ1) is 16.1. The molecule has 5 heteroatoms. The summed E-state index contributed by atoms with van der Waals surface area (Å²) in [6.07, 6.45) is 1.38. The number of rotatable bonds is 5. The van der Waals surface area contributed by atoms with E-state index in [2.05, 4.69) is 4.98 Å². The summed E-state index contributed by atoms with van der Waals surface area (Å²) in [5.41, 5.74) is 2.25. The molecule has 1 heterocycles. The normalized spacial score (nSPS) is 12.0. The van der Waals surface area contributed by atoms with Crippen LogP contribution in [0.5, 0.6) is 0 Å². The van der Waals surface area contributed by atoms with Crippen molar-refractivity contribution in [2.24, 2.45) is 0 Å². The number of aromatic nitrogens is 1. The molecule has 1 N–H and O–H groups in total. The molecule has 1 unspecified atom stereocenters. The van der Waals surface area contributed by atoms with Gasteiger partial charge in [-0.05, 0) is 35.7 Å². The van der Waals surface area contributed by atoms with E-state index < -0.39 is 17.8 Å². The van der Waals surface area contributed by atoms with E-state index in [1.165, 1.54) is 29.2 Å². The molecular formula is C17H19FN2O2. The first-order chi connectivity index (χ1) is 10.5. The van der Waals surface area contributed by atoms with Gasteiger partial charge in [-0.2, -0.15) is 0 Å². The van der Waals surface area contributed by atoms with Crippen molar-refractivity contribution in [2.45, 2.75) is 26.0 Å². The van der Waals surface area contributed by atoms with Crippen molar-refractivity contribution in [2.75, 3.05) is 7.05 Å². The number of pyridine rings is 1. The van der Waals surface area contributed by atoms with Crippen LogP contribution >= 0.6 is 0 Å². The van der Waals surface area contributed by atoms with Gasteiger partial charge in [-0.1, -0.05) is 25.1 Å². The van der Waals surface area contributed by atoms with Gasteiger partial charge in [0.25, 0.3) is 5.91 Å². The van der Waals surface area contributed by atoms with Crippen molar-refractivity contribution < 1.29 is 14.3 Å². The third-order valence-electron chi connectivity index (χ3n) is 3.49. The highest BCUT2D eigenvalue weighted by molar-refractivity contribution is 5.81. The zero-order valence-electron chi connectivity index (χ0n) is 12.7. The highest BCUT2D eigenvalue weighted by Gasteiger charge is 2.21. The molecule has 0 saturated carbocycles. The summed E-state index contributed by atoms with van der Waals surface area (Å²) in [7, 11) is 1.60. The third kappa shape index (κ3) is 3.89. The van der Waals surface area contributed by atoms with Gasteiger partial charge in [0.2, 0.25) is 0 Å². The lowest BCUT2D eigenvalue weighted by molar-refractivity contribution is -0.139. The lowest BCUT2D eigenvalue weighted by Gasteiger charge is -2.20. The van der Waals surface area contributed by atoms with Gasteiger partial charge in [-0.15, -0.1) is 0 Å². The minimum Gasteiger partial charge on any atom is -0.378 e. The molecule has 0 saturated heterocycles. The molecule has 0 aliphatic heterocycles. The molecule has 1 amide bonds. The van der Waals surface area contributed by atoms with Crippen LogP contribution in [0.4, 0.5) is 4.39 Å². The molecule has 2 rings (SSSR count). The van der Waals surface area contributed by atoms with Crippen LogP contribution in [0.3, 0.4) is 0 Å². The predicted octanol–water partition coefficient (Wildman–Crippen LogP) is 2.48. The van der Waals surface area contributed by atoms with Crippen LogP contribution in [0, 0.1) is 5.82 Å². The number of halogens is 1. The highest BCUT2D eigenvalue weighted by Crippen LogP contribution is 2.16. The SMILES string of the molecule is CCc1ccc(CN(C)C(=O)C(O)c2ccc(F)cc2)nc1. The van der Waals surface area contributed by atoms with Crippen molar-refractivity contribution in [3.8, 4) is 0 Å². The standard InChI is InChI=1S/C17H19FN2O2/c1-3-12-4-9-15(19-10-12)11-20(2)17(22)16(21)13-5-7-14(18)8-6-13/h4-10,16,21H,3,11H2,1-2H3. The number of aliphatic hydroxyl groups is 1. The first-order valence-electron chi connectivity index (χ1n) is 7.13. The largest absolute Gasteiger partial charge is 0.378 e. The van der Waals surface area contributed by atoms with E-state index in [0.717, 1.165) is 17.7 Å². The Morgan fingerprint density at radius 1 is 1.27 bits per heavy atom. The molecule has 116 valence electrons. The topological polar surface area (TPSA) is 53.4 Å². The smallest absolute Gasteiger partial charge is 0.256 e. The maximum Gasteiger partial charge on any atom is 0.256 e. The fraction of sp³-hybridized carbons (Fsp3) is 0.294.